The topological polar surface area (TPSA) is 20.2 Å². The van der Waals surface area contributed by atoms with Gasteiger partial charge in [-0.1, -0.05) is 33.7 Å². The smallest absolute Gasteiger partial charge is 0.416 e. The van der Waals surface area contributed by atoms with E-state index < -0.39 is 18.7 Å². The number of benzene rings is 1. The maximum Gasteiger partial charge on any atom is 0.416 e. The van der Waals surface area contributed by atoms with Crippen molar-refractivity contribution in [2.24, 2.45) is 0 Å². The molecule has 18 heavy (non-hydrogen) atoms. The predicted molar refractivity (Wildman–Crippen MR) is 68.4 cm³/mol. The van der Waals surface area contributed by atoms with Crippen molar-refractivity contribution in [1.82, 2.24) is 0 Å². The van der Waals surface area contributed by atoms with Gasteiger partial charge in [-0.3, -0.25) is 0 Å². The third kappa shape index (κ3) is 3.07. The molecule has 1 aromatic rings. The maximum absolute atomic E-state index is 13.0. The fourth-order valence-corrected chi connectivity index (χ4v) is 2.13. The molecular weight excluding hydrogens is 240 g/mol. The summed E-state index contributed by atoms with van der Waals surface area (Å²) in [6.07, 6.45) is -4.44. The Bertz CT molecular complexity index is 445. The Kier molecular flexibility index (Phi) is 3.87. The van der Waals surface area contributed by atoms with Gasteiger partial charge in [0.1, 0.15) is 0 Å². The monoisotopic (exact) mass is 258 g/mol. The first-order chi connectivity index (χ1) is 7.94. The highest BCUT2D eigenvalue weighted by Crippen LogP contribution is 2.33. The van der Waals surface area contributed by atoms with Crippen LogP contribution < -0.4 is 5.46 Å². The second-order valence-corrected chi connectivity index (χ2v) is 5.68. The molecule has 0 aromatic heterocycles. The number of alkyl halides is 3. The molecule has 0 unspecified atom stereocenters. The lowest BCUT2D eigenvalue weighted by Gasteiger charge is -2.25. The average Bonchev–Trinajstić information content (AvgIpc) is 2.12. The first-order valence-corrected chi connectivity index (χ1v) is 5.85. The van der Waals surface area contributed by atoms with Crippen LogP contribution in [0.2, 0.25) is 6.82 Å². The second-order valence-electron chi connectivity index (χ2n) is 5.68. The minimum atomic E-state index is -4.44. The number of rotatable bonds is 1. The lowest BCUT2D eigenvalue weighted by Crippen LogP contribution is -2.35. The number of hydrogen-bond acceptors (Lipinski definition) is 1. The van der Waals surface area contributed by atoms with Crippen LogP contribution in [-0.4, -0.2) is 11.9 Å². The van der Waals surface area contributed by atoms with Crippen molar-refractivity contribution in [3.8, 4) is 0 Å². The number of aryl methyl sites for hydroxylation is 1. The summed E-state index contributed by atoms with van der Waals surface area (Å²) >= 11 is 0. The summed E-state index contributed by atoms with van der Waals surface area (Å²) in [7, 11) is 0. The van der Waals surface area contributed by atoms with Crippen molar-refractivity contribution < 1.29 is 18.2 Å². The molecule has 1 nitrogen and oxygen atoms in total. The zero-order valence-electron chi connectivity index (χ0n) is 11.3. The molecule has 0 bridgehead atoms. The van der Waals surface area contributed by atoms with Crippen molar-refractivity contribution in [2.45, 2.75) is 46.1 Å². The van der Waals surface area contributed by atoms with E-state index in [1.807, 2.05) is 20.8 Å². The standard InChI is InChI=1S/C13H18BF3O/c1-8-6-11(14(5)18)10(13(15,16)17)7-9(8)12(2,3)4/h6-7,18H,1-5H3. The van der Waals surface area contributed by atoms with E-state index in [4.69, 9.17) is 0 Å². The van der Waals surface area contributed by atoms with E-state index in [1.165, 1.54) is 12.9 Å². The van der Waals surface area contributed by atoms with E-state index in [0.29, 0.717) is 5.56 Å². The highest BCUT2D eigenvalue weighted by Gasteiger charge is 2.36. The number of halogens is 3. The molecule has 0 spiro atoms. The van der Waals surface area contributed by atoms with Crippen LogP contribution >= 0.6 is 0 Å². The van der Waals surface area contributed by atoms with Crippen LogP contribution in [0.1, 0.15) is 37.5 Å². The van der Waals surface area contributed by atoms with Gasteiger partial charge < -0.3 is 5.02 Å². The Morgan fingerprint density at radius 1 is 1.06 bits per heavy atom. The fourth-order valence-electron chi connectivity index (χ4n) is 2.13. The third-order valence-corrected chi connectivity index (χ3v) is 2.96. The summed E-state index contributed by atoms with van der Waals surface area (Å²) in [5, 5.41) is 9.49. The normalized spacial score (nSPS) is 12.7. The Morgan fingerprint density at radius 3 is 1.89 bits per heavy atom. The molecule has 0 aliphatic rings. The van der Waals surface area contributed by atoms with Gasteiger partial charge in [0.15, 0.2) is 0 Å². The van der Waals surface area contributed by atoms with Gasteiger partial charge in [-0.05, 0) is 35.0 Å². The zero-order valence-corrected chi connectivity index (χ0v) is 11.3. The van der Waals surface area contributed by atoms with E-state index in [9.17, 15) is 18.2 Å². The minimum Gasteiger partial charge on any atom is -0.446 e. The van der Waals surface area contributed by atoms with E-state index in [-0.39, 0.29) is 10.9 Å². The van der Waals surface area contributed by atoms with Crippen molar-refractivity contribution in [1.29, 1.82) is 0 Å². The van der Waals surface area contributed by atoms with Crippen LogP contribution in [0, 0.1) is 6.92 Å². The zero-order chi connectivity index (χ0) is 14.3. The summed E-state index contributed by atoms with van der Waals surface area (Å²) in [6, 6.07) is 2.60. The second kappa shape index (κ2) is 4.61. The van der Waals surface area contributed by atoms with Crippen LogP contribution in [-0.2, 0) is 11.6 Å². The van der Waals surface area contributed by atoms with Crippen LogP contribution in [0.5, 0.6) is 0 Å². The van der Waals surface area contributed by atoms with Crippen molar-refractivity contribution >= 4 is 12.4 Å². The van der Waals surface area contributed by atoms with Gasteiger partial charge >= 0.3 is 13.1 Å². The Labute approximate surface area is 106 Å². The van der Waals surface area contributed by atoms with E-state index in [0.717, 1.165) is 11.6 Å². The molecule has 0 saturated heterocycles. The molecule has 1 aromatic carbocycles. The molecule has 0 atom stereocenters. The van der Waals surface area contributed by atoms with Crippen LogP contribution in [0.15, 0.2) is 12.1 Å². The molecule has 0 heterocycles. The van der Waals surface area contributed by atoms with Gasteiger partial charge in [0.2, 0.25) is 0 Å². The fraction of sp³-hybridized carbons (Fsp3) is 0.538. The third-order valence-electron chi connectivity index (χ3n) is 2.96. The summed E-state index contributed by atoms with van der Waals surface area (Å²) in [4.78, 5) is 0. The molecule has 5 heteroatoms. The molecule has 0 amide bonds. The SMILES string of the molecule is CB(O)c1cc(C)c(C(C)(C)C)cc1C(F)(F)F. The molecule has 100 valence electrons. The van der Waals surface area contributed by atoms with Crippen LogP contribution in [0.25, 0.3) is 0 Å². The summed E-state index contributed by atoms with van der Waals surface area (Å²) in [5.74, 6) is 0. The lowest BCUT2D eigenvalue weighted by atomic mass is 9.61. The summed E-state index contributed by atoms with van der Waals surface area (Å²) in [6.45, 7) is 7.61. The van der Waals surface area contributed by atoms with Crippen LogP contribution in [0.4, 0.5) is 13.2 Å². The van der Waals surface area contributed by atoms with Crippen molar-refractivity contribution in [2.75, 3.05) is 0 Å². The first-order valence-electron chi connectivity index (χ1n) is 5.85. The molecule has 1 N–H and O–H groups in total. The van der Waals surface area contributed by atoms with Crippen molar-refractivity contribution in [3.63, 3.8) is 0 Å². The van der Waals surface area contributed by atoms with E-state index in [2.05, 4.69) is 0 Å². The van der Waals surface area contributed by atoms with Gasteiger partial charge in [0.05, 0.1) is 5.56 Å². The van der Waals surface area contributed by atoms with E-state index >= 15 is 0 Å². The van der Waals surface area contributed by atoms with E-state index in [1.54, 1.807) is 6.92 Å². The molecule has 0 aliphatic heterocycles. The number of hydrogen-bond donors (Lipinski definition) is 1. The van der Waals surface area contributed by atoms with Crippen molar-refractivity contribution in [3.05, 3.63) is 28.8 Å². The molecule has 0 radical (unpaired) electrons. The minimum absolute atomic E-state index is 0.0620. The Morgan fingerprint density at radius 2 is 1.56 bits per heavy atom. The Balaban J connectivity index is 3.57. The largest absolute Gasteiger partial charge is 0.446 e. The predicted octanol–water partition coefficient (Wildman–Crippen LogP) is 3.13. The van der Waals surface area contributed by atoms with Gasteiger partial charge in [0.25, 0.3) is 0 Å². The van der Waals surface area contributed by atoms with Crippen LogP contribution in [0.3, 0.4) is 0 Å². The first kappa shape index (κ1) is 15.1. The quantitative estimate of drug-likeness (QED) is 0.767. The molecule has 0 saturated carbocycles. The highest BCUT2D eigenvalue weighted by atomic mass is 19.4. The molecule has 0 aliphatic carbocycles. The van der Waals surface area contributed by atoms with Gasteiger partial charge in [-0.25, -0.2) is 0 Å². The lowest BCUT2D eigenvalue weighted by molar-refractivity contribution is -0.136. The molecule has 1 rings (SSSR count). The molecule has 0 fully saturated rings. The van der Waals surface area contributed by atoms with Gasteiger partial charge in [-0.2, -0.15) is 13.2 Å². The maximum atomic E-state index is 13.0. The van der Waals surface area contributed by atoms with Gasteiger partial charge in [-0.15, -0.1) is 0 Å². The average molecular weight is 258 g/mol. The molecular formula is C13H18BF3O. The summed E-state index contributed by atoms with van der Waals surface area (Å²) in [5.41, 5.74) is 0.257. The summed E-state index contributed by atoms with van der Waals surface area (Å²) < 4.78 is 39.0. The Hall–Kier alpha value is -0.965. The van der Waals surface area contributed by atoms with Gasteiger partial charge in [0, 0.05) is 0 Å². The highest BCUT2D eigenvalue weighted by molar-refractivity contribution is 6.65.